The van der Waals surface area contributed by atoms with E-state index in [0.717, 1.165) is 17.3 Å². The standard InChI is InChI=1S/C22H31N3O3/c1-14(8-6-9-15(2)21(27)28-22(3,4)5)20(26)25-18-12-11-17-16(19(18)23)10-7-13-24-17/h7,10-15H,6,8-9,23H2,1-5H3,(H,25,26). The predicted octanol–water partition coefficient (Wildman–Crippen LogP) is 4.54. The molecule has 0 spiro atoms. The molecule has 0 fully saturated rings. The van der Waals surface area contributed by atoms with Gasteiger partial charge in [-0.05, 0) is 57.9 Å². The van der Waals surface area contributed by atoms with Gasteiger partial charge in [-0.3, -0.25) is 14.6 Å². The molecule has 0 aliphatic heterocycles. The van der Waals surface area contributed by atoms with E-state index in [1.165, 1.54) is 0 Å². The molecule has 0 radical (unpaired) electrons. The lowest BCUT2D eigenvalue weighted by Crippen LogP contribution is -2.27. The highest BCUT2D eigenvalue weighted by atomic mass is 16.6. The number of nitrogens with two attached hydrogens (primary N) is 1. The van der Waals surface area contributed by atoms with Gasteiger partial charge in [0.2, 0.25) is 5.91 Å². The van der Waals surface area contributed by atoms with Gasteiger partial charge >= 0.3 is 5.97 Å². The van der Waals surface area contributed by atoms with Gasteiger partial charge < -0.3 is 15.8 Å². The number of carbonyl (C=O) groups is 2. The molecule has 0 saturated carbocycles. The fraction of sp³-hybridized carbons (Fsp3) is 0.500. The number of carbonyl (C=O) groups excluding carboxylic acids is 2. The second-order valence-electron chi connectivity index (χ2n) is 8.35. The molecule has 1 amide bonds. The Bertz CT molecular complexity index is 843. The van der Waals surface area contributed by atoms with E-state index >= 15 is 0 Å². The van der Waals surface area contributed by atoms with Crippen LogP contribution in [0.5, 0.6) is 0 Å². The number of nitrogen functional groups attached to an aromatic ring is 1. The number of nitrogens with one attached hydrogen (secondary N) is 1. The van der Waals surface area contributed by atoms with E-state index in [1.54, 1.807) is 12.3 Å². The van der Waals surface area contributed by atoms with Gasteiger partial charge in [0.15, 0.2) is 0 Å². The number of amides is 1. The van der Waals surface area contributed by atoms with Gasteiger partial charge in [-0.1, -0.05) is 20.3 Å². The predicted molar refractivity (Wildman–Crippen MR) is 113 cm³/mol. The second-order valence-corrected chi connectivity index (χ2v) is 8.35. The van der Waals surface area contributed by atoms with Crippen LogP contribution in [0.1, 0.15) is 53.9 Å². The number of hydrogen-bond donors (Lipinski definition) is 2. The van der Waals surface area contributed by atoms with E-state index in [0.29, 0.717) is 24.2 Å². The van der Waals surface area contributed by atoms with Crippen molar-refractivity contribution in [2.24, 2.45) is 11.8 Å². The Morgan fingerprint density at radius 1 is 1.14 bits per heavy atom. The van der Waals surface area contributed by atoms with Crippen LogP contribution in [0.4, 0.5) is 11.4 Å². The van der Waals surface area contributed by atoms with Gasteiger partial charge in [-0.15, -0.1) is 0 Å². The molecule has 0 bridgehead atoms. The van der Waals surface area contributed by atoms with Crippen LogP contribution in [-0.2, 0) is 14.3 Å². The third-order valence-electron chi connectivity index (χ3n) is 4.62. The zero-order valence-corrected chi connectivity index (χ0v) is 17.4. The molecule has 28 heavy (non-hydrogen) atoms. The molecule has 1 aromatic carbocycles. The number of ether oxygens (including phenoxy) is 1. The van der Waals surface area contributed by atoms with Crippen molar-refractivity contribution in [2.75, 3.05) is 11.1 Å². The van der Waals surface area contributed by atoms with Gasteiger partial charge in [0.25, 0.3) is 0 Å². The van der Waals surface area contributed by atoms with E-state index in [9.17, 15) is 9.59 Å². The summed E-state index contributed by atoms with van der Waals surface area (Å²) in [4.78, 5) is 28.8. The van der Waals surface area contributed by atoms with Crippen LogP contribution >= 0.6 is 0 Å². The highest BCUT2D eigenvalue weighted by Crippen LogP contribution is 2.28. The minimum atomic E-state index is -0.478. The molecule has 2 atom stereocenters. The topological polar surface area (TPSA) is 94.3 Å². The highest BCUT2D eigenvalue weighted by molar-refractivity contribution is 6.03. The second kappa shape index (κ2) is 9.04. The normalized spacial score (nSPS) is 13.8. The summed E-state index contributed by atoms with van der Waals surface area (Å²) in [6.07, 6.45) is 3.86. The molecule has 1 heterocycles. The molecular weight excluding hydrogens is 354 g/mol. The average Bonchev–Trinajstić information content (AvgIpc) is 2.62. The molecule has 0 saturated heterocycles. The van der Waals surface area contributed by atoms with Gasteiger partial charge in [0, 0.05) is 17.5 Å². The first kappa shape index (κ1) is 21.7. The number of nitrogens with zero attached hydrogens (tertiary/aromatic N) is 1. The molecule has 0 aliphatic rings. The summed E-state index contributed by atoms with van der Waals surface area (Å²) in [7, 11) is 0. The van der Waals surface area contributed by atoms with Gasteiger partial charge in [-0.25, -0.2) is 0 Å². The quantitative estimate of drug-likeness (QED) is 0.539. The highest BCUT2D eigenvalue weighted by Gasteiger charge is 2.22. The Hall–Kier alpha value is -2.63. The lowest BCUT2D eigenvalue weighted by Gasteiger charge is -2.22. The molecule has 3 N–H and O–H groups in total. The number of anilines is 2. The summed E-state index contributed by atoms with van der Waals surface area (Å²) in [6, 6.07) is 7.32. The van der Waals surface area contributed by atoms with Crippen molar-refractivity contribution >= 4 is 34.2 Å². The van der Waals surface area contributed by atoms with E-state index in [4.69, 9.17) is 10.5 Å². The molecular formula is C22H31N3O3. The van der Waals surface area contributed by atoms with E-state index in [-0.39, 0.29) is 23.7 Å². The Labute approximate surface area is 166 Å². The maximum absolute atomic E-state index is 12.5. The van der Waals surface area contributed by atoms with Gasteiger partial charge in [0.1, 0.15) is 5.60 Å². The molecule has 2 aromatic rings. The third-order valence-corrected chi connectivity index (χ3v) is 4.62. The Kier molecular flexibility index (Phi) is 7.00. The van der Waals surface area contributed by atoms with Crippen molar-refractivity contribution in [1.82, 2.24) is 4.98 Å². The number of rotatable bonds is 7. The minimum Gasteiger partial charge on any atom is -0.460 e. The number of aromatic nitrogens is 1. The Balaban J connectivity index is 1.86. The summed E-state index contributed by atoms with van der Waals surface area (Å²) in [6.45, 7) is 9.32. The summed E-state index contributed by atoms with van der Waals surface area (Å²) >= 11 is 0. The van der Waals surface area contributed by atoms with Crippen molar-refractivity contribution < 1.29 is 14.3 Å². The maximum Gasteiger partial charge on any atom is 0.309 e. The fourth-order valence-electron chi connectivity index (χ4n) is 2.92. The third kappa shape index (κ3) is 5.94. The first-order chi connectivity index (χ1) is 13.1. The van der Waals surface area contributed by atoms with E-state index in [1.807, 2.05) is 52.8 Å². The molecule has 152 valence electrons. The zero-order chi connectivity index (χ0) is 20.9. The van der Waals surface area contributed by atoms with Crippen molar-refractivity contribution in [3.8, 4) is 0 Å². The average molecular weight is 386 g/mol. The number of fused-ring (bicyclic) bond motifs is 1. The van der Waals surface area contributed by atoms with Crippen LogP contribution in [-0.4, -0.2) is 22.5 Å². The Morgan fingerprint density at radius 2 is 1.82 bits per heavy atom. The molecule has 0 aliphatic carbocycles. The van der Waals surface area contributed by atoms with Crippen molar-refractivity contribution in [1.29, 1.82) is 0 Å². The largest absolute Gasteiger partial charge is 0.460 e. The van der Waals surface area contributed by atoms with Crippen LogP contribution in [0.25, 0.3) is 10.9 Å². The molecule has 2 rings (SSSR count). The molecule has 1 aromatic heterocycles. The van der Waals surface area contributed by atoms with Gasteiger partial charge in [0.05, 0.1) is 22.8 Å². The number of pyridine rings is 1. The van der Waals surface area contributed by atoms with E-state index < -0.39 is 5.60 Å². The van der Waals surface area contributed by atoms with E-state index in [2.05, 4.69) is 10.3 Å². The maximum atomic E-state index is 12.5. The first-order valence-corrected chi connectivity index (χ1v) is 9.75. The molecule has 2 unspecified atom stereocenters. The van der Waals surface area contributed by atoms with Crippen molar-refractivity contribution in [2.45, 2.75) is 59.5 Å². The van der Waals surface area contributed by atoms with Crippen LogP contribution < -0.4 is 11.1 Å². The molecule has 6 nitrogen and oxygen atoms in total. The fourth-order valence-corrected chi connectivity index (χ4v) is 2.92. The summed E-state index contributed by atoms with van der Waals surface area (Å²) in [5, 5.41) is 3.73. The van der Waals surface area contributed by atoms with Crippen LogP contribution in [0.15, 0.2) is 30.5 Å². The number of hydrogen-bond acceptors (Lipinski definition) is 5. The summed E-state index contributed by atoms with van der Waals surface area (Å²) in [5.74, 6) is -0.644. The zero-order valence-electron chi connectivity index (χ0n) is 17.4. The minimum absolute atomic E-state index is 0.0835. The number of benzene rings is 1. The number of esters is 1. The lowest BCUT2D eigenvalue weighted by atomic mass is 9.97. The molecule has 6 heteroatoms. The lowest BCUT2D eigenvalue weighted by molar-refractivity contribution is -0.159. The smallest absolute Gasteiger partial charge is 0.309 e. The van der Waals surface area contributed by atoms with Gasteiger partial charge in [-0.2, -0.15) is 0 Å². The van der Waals surface area contributed by atoms with Crippen LogP contribution in [0.3, 0.4) is 0 Å². The van der Waals surface area contributed by atoms with Crippen molar-refractivity contribution in [3.63, 3.8) is 0 Å². The Morgan fingerprint density at radius 3 is 2.50 bits per heavy atom. The van der Waals surface area contributed by atoms with Crippen LogP contribution in [0.2, 0.25) is 0 Å². The summed E-state index contributed by atoms with van der Waals surface area (Å²) in [5.41, 5.74) is 7.62. The van der Waals surface area contributed by atoms with Crippen molar-refractivity contribution in [3.05, 3.63) is 30.5 Å². The van der Waals surface area contributed by atoms with Crippen LogP contribution in [0, 0.1) is 11.8 Å². The monoisotopic (exact) mass is 385 g/mol. The first-order valence-electron chi connectivity index (χ1n) is 9.75. The SMILES string of the molecule is CC(CCCC(C)C(=O)OC(C)(C)C)C(=O)Nc1ccc2ncccc2c1N. The summed E-state index contributed by atoms with van der Waals surface area (Å²) < 4.78 is 5.39.